The molecule has 1 aromatic heterocycles. The molecule has 1 unspecified atom stereocenters. The third-order valence-electron chi connectivity index (χ3n) is 2.60. The Hall–Kier alpha value is -0.510. The molecule has 1 aromatic carbocycles. The first-order chi connectivity index (χ1) is 8.13. The fourth-order valence-electron chi connectivity index (χ4n) is 1.63. The lowest BCUT2D eigenvalue weighted by Gasteiger charge is -2.12. The van der Waals surface area contributed by atoms with Gasteiger partial charge in [0.05, 0.1) is 17.0 Å². The van der Waals surface area contributed by atoms with Crippen molar-refractivity contribution in [1.29, 1.82) is 0 Å². The molecule has 0 aliphatic heterocycles. The average molecular weight is 332 g/mol. The van der Waals surface area contributed by atoms with Gasteiger partial charge in [-0.15, -0.1) is 11.3 Å². The zero-order valence-electron chi connectivity index (χ0n) is 9.54. The molecule has 1 heterocycles. The van der Waals surface area contributed by atoms with Crippen LogP contribution in [0.1, 0.15) is 20.8 Å². The van der Waals surface area contributed by atoms with Crippen LogP contribution in [0.15, 0.2) is 29.6 Å². The van der Waals surface area contributed by atoms with Crippen LogP contribution in [0.3, 0.4) is 0 Å². The van der Waals surface area contributed by atoms with Crippen molar-refractivity contribution < 1.29 is 4.74 Å². The van der Waals surface area contributed by atoms with E-state index in [1.807, 2.05) is 24.4 Å². The van der Waals surface area contributed by atoms with Gasteiger partial charge in [-0.1, -0.05) is 39.7 Å². The summed E-state index contributed by atoms with van der Waals surface area (Å²) >= 11 is 11.5. The number of hydrogen-bond donors (Lipinski definition) is 0. The van der Waals surface area contributed by atoms with Crippen molar-refractivity contribution >= 4 is 38.9 Å². The Morgan fingerprint density at radius 1 is 1.35 bits per heavy atom. The van der Waals surface area contributed by atoms with Crippen molar-refractivity contribution in [3.05, 3.63) is 50.7 Å². The maximum atomic E-state index is 6.14. The molecule has 0 fully saturated rings. The minimum absolute atomic E-state index is 0.115. The standard InChI is InChI=1S/C13H12BrClOS/c1-8-3-4-9(7-11(8)16-2)12(14)13-10(15)5-6-17-13/h3-7,12H,1-2H3. The van der Waals surface area contributed by atoms with Crippen LogP contribution in [0, 0.1) is 6.92 Å². The van der Waals surface area contributed by atoms with E-state index in [9.17, 15) is 0 Å². The molecule has 90 valence electrons. The summed E-state index contributed by atoms with van der Waals surface area (Å²) in [6.07, 6.45) is 0. The number of methoxy groups -OCH3 is 1. The summed E-state index contributed by atoms with van der Waals surface area (Å²) in [6.45, 7) is 2.03. The molecule has 0 spiro atoms. The zero-order chi connectivity index (χ0) is 12.4. The number of aryl methyl sites for hydroxylation is 1. The first-order valence-electron chi connectivity index (χ1n) is 5.15. The van der Waals surface area contributed by atoms with Crippen molar-refractivity contribution in [2.45, 2.75) is 11.8 Å². The lowest BCUT2D eigenvalue weighted by atomic mass is 10.1. The number of benzene rings is 1. The number of ether oxygens (including phenoxy) is 1. The molecular weight excluding hydrogens is 320 g/mol. The van der Waals surface area contributed by atoms with Gasteiger partial charge in [0.2, 0.25) is 0 Å². The summed E-state index contributed by atoms with van der Waals surface area (Å²) in [5, 5.41) is 2.80. The van der Waals surface area contributed by atoms with Gasteiger partial charge in [-0.2, -0.15) is 0 Å². The number of thiophene rings is 1. The van der Waals surface area contributed by atoms with Gasteiger partial charge < -0.3 is 4.74 Å². The molecule has 2 aromatic rings. The number of halogens is 2. The van der Waals surface area contributed by atoms with Crippen LogP contribution < -0.4 is 4.74 Å². The van der Waals surface area contributed by atoms with Gasteiger partial charge in [-0.05, 0) is 35.6 Å². The lowest BCUT2D eigenvalue weighted by Crippen LogP contribution is -1.94. The molecule has 0 bridgehead atoms. The SMILES string of the molecule is COc1cc(C(Br)c2sccc2Cl)ccc1C. The smallest absolute Gasteiger partial charge is 0.122 e. The Morgan fingerprint density at radius 2 is 2.12 bits per heavy atom. The highest BCUT2D eigenvalue weighted by molar-refractivity contribution is 9.09. The minimum atomic E-state index is 0.115. The van der Waals surface area contributed by atoms with Crippen LogP contribution in [0.25, 0.3) is 0 Å². The second-order valence-electron chi connectivity index (χ2n) is 3.72. The average Bonchev–Trinajstić information content (AvgIpc) is 2.75. The van der Waals surface area contributed by atoms with Crippen molar-refractivity contribution in [1.82, 2.24) is 0 Å². The van der Waals surface area contributed by atoms with E-state index in [0.717, 1.165) is 26.8 Å². The van der Waals surface area contributed by atoms with E-state index in [0.29, 0.717) is 0 Å². The monoisotopic (exact) mass is 330 g/mol. The highest BCUT2D eigenvalue weighted by atomic mass is 79.9. The molecule has 0 aliphatic rings. The van der Waals surface area contributed by atoms with E-state index in [2.05, 4.69) is 28.1 Å². The molecule has 17 heavy (non-hydrogen) atoms. The highest BCUT2D eigenvalue weighted by Crippen LogP contribution is 2.39. The minimum Gasteiger partial charge on any atom is -0.496 e. The summed E-state index contributed by atoms with van der Waals surface area (Å²) in [5.74, 6) is 0.902. The van der Waals surface area contributed by atoms with Crippen molar-refractivity contribution in [3.63, 3.8) is 0 Å². The van der Waals surface area contributed by atoms with E-state index in [1.165, 1.54) is 0 Å². The van der Waals surface area contributed by atoms with Crippen molar-refractivity contribution in [2.24, 2.45) is 0 Å². The number of rotatable bonds is 3. The second kappa shape index (κ2) is 5.42. The van der Waals surface area contributed by atoms with E-state index in [-0.39, 0.29) is 4.83 Å². The van der Waals surface area contributed by atoms with E-state index < -0.39 is 0 Å². The Kier molecular flexibility index (Phi) is 4.13. The van der Waals surface area contributed by atoms with Crippen LogP contribution in [-0.4, -0.2) is 7.11 Å². The van der Waals surface area contributed by atoms with E-state index >= 15 is 0 Å². The largest absolute Gasteiger partial charge is 0.496 e. The third kappa shape index (κ3) is 2.67. The topological polar surface area (TPSA) is 9.23 Å². The van der Waals surface area contributed by atoms with Gasteiger partial charge >= 0.3 is 0 Å². The quantitative estimate of drug-likeness (QED) is 0.702. The van der Waals surface area contributed by atoms with Crippen LogP contribution in [-0.2, 0) is 0 Å². The van der Waals surface area contributed by atoms with Crippen LogP contribution in [0.2, 0.25) is 5.02 Å². The Labute approximate surface area is 119 Å². The summed E-state index contributed by atoms with van der Waals surface area (Å²) in [6, 6.07) is 8.11. The van der Waals surface area contributed by atoms with Gasteiger partial charge in [0.1, 0.15) is 5.75 Å². The van der Waals surface area contributed by atoms with Crippen molar-refractivity contribution in [2.75, 3.05) is 7.11 Å². The third-order valence-corrected chi connectivity index (χ3v) is 5.31. The zero-order valence-corrected chi connectivity index (χ0v) is 12.7. The predicted molar refractivity (Wildman–Crippen MR) is 77.8 cm³/mol. The molecular formula is C13H12BrClOS. The summed E-state index contributed by atoms with van der Waals surface area (Å²) < 4.78 is 5.33. The van der Waals surface area contributed by atoms with Gasteiger partial charge in [-0.25, -0.2) is 0 Å². The maximum absolute atomic E-state index is 6.14. The first kappa shape index (κ1) is 12.9. The van der Waals surface area contributed by atoms with E-state index in [4.69, 9.17) is 16.3 Å². The molecule has 0 radical (unpaired) electrons. The van der Waals surface area contributed by atoms with Gasteiger partial charge in [0.15, 0.2) is 0 Å². The van der Waals surface area contributed by atoms with Crippen LogP contribution >= 0.6 is 38.9 Å². The molecule has 0 N–H and O–H groups in total. The van der Waals surface area contributed by atoms with Gasteiger partial charge in [0.25, 0.3) is 0 Å². The van der Waals surface area contributed by atoms with Crippen LogP contribution in [0.5, 0.6) is 5.75 Å². The molecule has 0 saturated heterocycles. The second-order valence-corrected chi connectivity index (χ2v) is 5.99. The van der Waals surface area contributed by atoms with Crippen LogP contribution in [0.4, 0.5) is 0 Å². The fraction of sp³-hybridized carbons (Fsp3) is 0.231. The molecule has 4 heteroatoms. The molecule has 0 amide bonds. The molecule has 0 saturated carbocycles. The normalized spacial score (nSPS) is 12.5. The number of hydrogen-bond acceptors (Lipinski definition) is 2. The van der Waals surface area contributed by atoms with E-state index in [1.54, 1.807) is 18.4 Å². The Bertz CT molecular complexity index is 524. The molecule has 2 rings (SSSR count). The number of alkyl halides is 1. The Morgan fingerprint density at radius 3 is 2.71 bits per heavy atom. The predicted octanol–water partition coefficient (Wildman–Crippen LogP) is 5.20. The van der Waals surface area contributed by atoms with Crippen molar-refractivity contribution in [3.8, 4) is 5.75 Å². The summed E-state index contributed by atoms with van der Waals surface area (Å²) in [4.78, 5) is 1.24. The molecule has 0 aliphatic carbocycles. The lowest BCUT2D eigenvalue weighted by molar-refractivity contribution is 0.411. The Balaban J connectivity index is 2.38. The summed E-state index contributed by atoms with van der Waals surface area (Å²) in [7, 11) is 1.69. The maximum Gasteiger partial charge on any atom is 0.122 e. The molecule has 1 nitrogen and oxygen atoms in total. The first-order valence-corrected chi connectivity index (χ1v) is 7.32. The fourth-order valence-corrected chi connectivity index (χ4v) is 3.79. The highest BCUT2D eigenvalue weighted by Gasteiger charge is 2.16. The van der Waals surface area contributed by atoms with Gasteiger partial charge in [0, 0.05) is 4.88 Å². The molecule has 1 atom stereocenters. The van der Waals surface area contributed by atoms with Gasteiger partial charge in [-0.3, -0.25) is 0 Å². The summed E-state index contributed by atoms with van der Waals surface area (Å²) in [5.41, 5.74) is 2.28.